The van der Waals surface area contributed by atoms with Crippen molar-refractivity contribution in [3.8, 4) is 0 Å². The highest BCUT2D eigenvalue weighted by molar-refractivity contribution is 4.88. The van der Waals surface area contributed by atoms with Crippen LogP contribution in [0, 0.1) is 0 Å². The largest absolute Gasteiger partial charge is 0.383 e. The van der Waals surface area contributed by atoms with E-state index in [9.17, 15) is 0 Å². The maximum Gasteiger partial charge on any atom is 0.0630 e. The molecule has 0 bridgehead atoms. The topological polar surface area (TPSA) is 38.5 Å². The number of methoxy groups -OCH3 is 1. The lowest BCUT2D eigenvalue weighted by atomic mass is 10.2. The lowest BCUT2D eigenvalue weighted by Gasteiger charge is -2.30. The van der Waals surface area contributed by atoms with Crippen molar-refractivity contribution in [2.24, 2.45) is 5.73 Å². The van der Waals surface area contributed by atoms with Crippen LogP contribution in [0.2, 0.25) is 0 Å². The summed E-state index contributed by atoms with van der Waals surface area (Å²) < 4.78 is 5.18. The molecule has 3 nitrogen and oxygen atoms in total. The third-order valence-corrected chi connectivity index (χ3v) is 2.60. The quantitative estimate of drug-likeness (QED) is 0.640. The highest BCUT2D eigenvalue weighted by Gasteiger charge is 2.32. The fourth-order valence-electron chi connectivity index (χ4n) is 1.82. The molecule has 0 spiro atoms. The first-order valence-electron chi connectivity index (χ1n) is 5.28. The minimum absolute atomic E-state index is 0.428. The molecule has 2 N–H and O–H groups in total. The average molecular weight is 186 g/mol. The van der Waals surface area contributed by atoms with Crippen molar-refractivity contribution in [3.63, 3.8) is 0 Å². The standard InChI is InChI=1S/C10H22N2O/c1-3-6-12(9-4-5-9)10(7-11)8-13-2/h9-10H,3-8,11H2,1-2H3. The molecule has 0 aromatic carbocycles. The second-order valence-corrected chi connectivity index (χ2v) is 3.81. The normalized spacial score (nSPS) is 19.4. The summed E-state index contributed by atoms with van der Waals surface area (Å²) in [5.41, 5.74) is 5.73. The molecule has 1 aliphatic carbocycles. The number of nitrogens with zero attached hydrogens (tertiary/aromatic N) is 1. The van der Waals surface area contributed by atoms with Crippen molar-refractivity contribution in [2.75, 3.05) is 26.8 Å². The first kappa shape index (κ1) is 11.0. The lowest BCUT2D eigenvalue weighted by molar-refractivity contribution is 0.0886. The van der Waals surface area contributed by atoms with Gasteiger partial charge in [0.2, 0.25) is 0 Å². The van der Waals surface area contributed by atoms with Gasteiger partial charge in [0, 0.05) is 25.7 Å². The van der Waals surface area contributed by atoms with Gasteiger partial charge in [0.1, 0.15) is 0 Å². The van der Waals surface area contributed by atoms with Crippen molar-refractivity contribution in [1.82, 2.24) is 4.90 Å². The molecule has 0 heterocycles. The Kier molecular flexibility index (Phi) is 4.70. The van der Waals surface area contributed by atoms with Crippen molar-refractivity contribution in [1.29, 1.82) is 0 Å². The first-order valence-corrected chi connectivity index (χ1v) is 5.28. The van der Waals surface area contributed by atoms with Crippen LogP contribution < -0.4 is 5.73 Å². The second-order valence-electron chi connectivity index (χ2n) is 3.81. The predicted molar refractivity (Wildman–Crippen MR) is 54.7 cm³/mol. The van der Waals surface area contributed by atoms with Gasteiger partial charge in [-0.2, -0.15) is 0 Å². The van der Waals surface area contributed by atoms with Gasteiger partial charge in [0.15, 0.2) is 0 Å². The zero-order valence-electron chi connectivity index (χ0n) is 8.83. The summed E-state index contributed by atoms with van der Waals surface area (Å²) in [6.07, 6.45) is 3.90. The summed E-state index contributed by atoms with van der Waals surface area (Å²) in [5.74, 6) is 0. The molecule has 0 aliphatic heterocycles. The Labute approximate surface area is 81.2 Å². The number of hydrogen-bond donors (Lipinski definition) is 1. The molecule has 1 unspecified atom stereocenters. The highest BCUT2D eigenvalue weighted by atomic mass is 16.5. The van der Waals surface area contributed by atoms with E-state index in [0.29, 0.717) is 12.6 Å². The molecule has 0 saturated heterocycles. The average Bonchev–Trinajstić information content (AvgIpc) is 2.94. The first-order chi connectivity index (χ1) is 6.33. The van der Waals surface area contributed by atoms with Crippen molar-refractivity contribution in [2.45, 2.75) is 38.3 Å². The van der Waals surface area contributed by atoms with E-state index in [1.54, 1.807) is 7.11 Å². The lowest BCUT2D eigenvalue weighted by Crippen LogP contribution is -2.45. The molecule has 13 heavy (non-hydrogen) atoms. The van der Waals surface area contributed by atoms with Crippen molar-refractivity contribution in [3.05, 3.63) is 0 Å². The van der Waals surface area contributed by atoms with E-state index in [2.05, 4.69) is 11.8 Å². The van der Waals surface area contributed by atoms with Crippen LogP contribution >= 0.6 is 0 Å². The van der Waals surface area contributed by atoms with Crippen LogP contribution in [0.25, 0.3) is 0 Å². The molecule has 0 radical (unpaired) electrons. The third kappa shape index (κ3) is 3.25. The fourth-order valence-corrected chi connectivity index (χ4v) is 1.82. The molecule has 1 aliphatic rings. The molecule has 1 atom stereocenters. The van der Waals surface area contributed by atoms with E-state index >= 15 is 0 Å². The SMILES string of the molecule is CCCN(C1CC1)C(CN)COC. The van der Waals surface area contributed by atoms with E-state index in [-0.39, 0.29) is 0 Å². The molecule has 3 heteroatoms. The Morgan fingerprint density at radius 3 is 2.62 bits per heavy atom. The number of ether oxygens (including phenoxy) is 1. The Balaban J connectivity index is 2.38. The molecule has 0 aromatic heterocycles. The van der Waals surface area contributed by atoms with Crippen LogP contribution in [-0.2, 0) is 4.74 Å². The molecule has 1 rings (SSSR count). The van der Waals surface area contributed by atoms with E-state index in [1.807, 2.05) is 0 Å². The van der Waals surface area contributed by atoms with E-state index in [0.717, 1.165) is 19.2 Å². The van der Waals surface area contributed by atoms with Crippen LogP contribution in [-0.4, -0.2) is 43.8 Å². The van der Waals surface area contributed by atoms with Crippen molar-refractivity contribution < 1.29 is 4.74 Å². The van der Waals surface area contributed by atoms with Gasteiger partial charge in [-0.25, -0.2) is 0 Å². The fraction of sp³-hybridized carbons (Fsp3) is 1.00. The Morgan fingerprint density at radius 2 is 2.23 bits per heavy atom. The Hall–Kier alpha value is -0.120. The number of nitrogens with two attached hydrogens (primary N) is 1. The molecular weight excluding hydrogens is 164 g/mol. The van der Waals surface area contributed by atoms with Crippen LogP contribution in [0.1, 0.15) is 26.2 Å². The maximum absolute atomic E-state index is 5.73. The van der Waals surface area contributed by atoms with Crippen LogP contribution in [0.5, 0.6) is 0 Å². The van der Waals surface area contributed by atoms with Crippen LogP contribution in [0.3, 0.4) is 0 Å². The summed E-state index contributed by atoms with van der Waals surface area (Å²) in [7, 11) is 1.75. The maximum atomic E-state index is 5.73. The zero-order valence-corrected chi connectivity index (χ0v) is 8.83. The smallest absolute Gasteiger partial charge is 0.0630 e. The third-order valence-electron chi connectivity index (χ3n) is 2.60. The van der Waals surface area contributed by atoms with Crippen LogP contribution in [0.4, 0.5) is 0 Å². The van der Waals surface area contributed by atoms with Gasteiger partial charge < -0.3 is 10.5 Å². The van der Waals surface area contributed by atoms with E-state index in [4.69, 9.17) is 10.5 Å². The summed E-state index contributed by atoms with van der Waals surface area (Å²) in [4.78, 5) is 2.52. The monoisotopic (exact) mass is 186 g/mol. The molecule has 0 aromatic rings. The molecule has 1 saturated carbocycles. The van der Waals surface area contributed by atoms with Gasteiger partial charge in [0.05, 0.1) is 6.61 Å². The van der Waals surface area contributed by atoms with E-state index in [1.165, 1.54) is 19.3 Å². The van der Waals surface area contributed by atoms with Gasteiger partial charge in [-0.15, -0.1) is 0 Å². The zero-order chi connectivity index (χ0) is 9.68. The van der Waals surface area contributed by atoms with Gasteiger partial charge in [-0.3, -0.25) is 4.90 Å². The minimum atomic E-state index is 0.428. The number of hydrogen-bond acceptors (Lipinski definition) is 3. The van der Waals surface area contributed by atoms with Crippen molar-refractivity contribution >= 4 is 0 Å². The van der Waals surface area contributed by atoms with Gasteiger partial charge >= 0.3 is 0 Å². The summed E-state index contributed by atoms with van der Waals surface area (Å²) in [6.45, 7) is 4.86. The summed E-state index contributed by atoms with van der Waals surface area (Å²) >= 11 is 0. The summed E-state index contributed by atoms with van der Waals surface area (Å²) in [6, 6.07) is 1.22. The molecule has 78 valence electrons. The predicted octanol–water partition coefficient (Wildman–Crippen LogP) is 0.835. The van der Waals surface area contributed by atoms with E-state index < -0.39 is 0 Å². The number of rotatable bonds is 7. The molecule has 1 fully saturated rings. The van der Waals surface area contributed by atoms with Gasteiger partial charge in [-0.1, -0.05) is 6.92 Å². The Morgan fingerprint density at radius 1 is 1.54 bits per heavy atom. The van der Waals surface area contributed by atoms with Gasteiger partial charge in [0.25, 0.3) is 0 Å². The molecule has 0 amide bonds. The minimum Gasteiger partial charge on any atom is -0.383 e. The molecular formula is C10H22N2O. The highest BCUT2D eigenvalue weighted by Crippen LogP contribution is 2.28. The summed E-state index contributed by atoms with van der Waals surface area (Å²) in [5, 5.41) is 0. The van der Waals surface area contributed by atoms with Crippen LogP contribution in [0.15, 0.2) is 0 Å². The Bertz CT molecular complexity index is 137. The van der Waals surface area contributed by atoms with Gasteiger partial charge in [-0.05, 0) is 25.8 Å². The second kappa shape index (κ2) is 5.58.